The standard InChI is InChI=1S/C23H31ClN2O2S/c1-3-28-22(27)12-6-4-5-9-15-25-23-18-10-7-8-11-20(18)26(2)29-21-14-13-17(24)16-19(21)23/h7,10,13-14,16,23,25H,3-6,8-9,11-12,15H2,1-2H3. The Hall–Kier alpha value is -1.43. The van der Waals surface area contributed by atoms with E-state index >= 15 is 0 Å². The molecule has 1 aliphatic heterocycles. The van der Waals surface area contributed by atoms with Gasteiger partial charge in [0.05, 0.1) is 12.6 Å². The first-order valence-electron chi connectivity index (χ1n) is 10.6. The van der Waals surface area contributed by atoms with Crippen molar-refractivity contribution in [2.24, 2.45) is 0 Å². The van der Waals surface area contributed by atoms with Crippen LogP contribution < -0.4 is 5.32 Å². The summed E-state index contributed by atoms with van der Waals surface area (Å²) in [6, 6.07) is 6.37. The van der Waals surface area contributed by atoms with E-state index in [9.17, 15) is 4.79 Å². The van der Waals surface area contributed by atoms with E-state index in [1.807, 2.05) is 13.0 Å². The molecule has 29 heavy (non-hydrogen) atoms. The summed E-state index contributed by atoms with van der Waals surface area (Å²) in [7, 11) is 2.16. The third-order valence-electron chi connectivity index (χ3n) is 5.35. The monoisotopic (exact) mass is 434 g/mol. The number of hydrogen-bond donors (Lipinski definition) is 1. The molecule has 0 spiro atoms. The average Bonchev–Trinajstić information content (AvgIpc) is 2.82. The highest BCUT2D eigenvalue weighted by Gasteiger charge is 2.28. The van der Waals surface area contributed by atoms with Crippen LogP contribution in [0, 0.1) is 0 Å². The maximum atomic E-state index is 11.4. The van der Waals surface area contributed by atoms with Crippen molar-refractivity contribution in [3.8, 4) is 0 Å². The number of rotatable bonds is 9. The molecule has 2 aliphatic rings. The number of unbranched alkanes of at least 4 members (excludes halogenated alkanes) is 3. The van der Waals surface area contributed by atoms with Crippen LogP contribution in [0.2, 0.25) is 5.02 Å². The second kappa shape index (κ2) is 11.1. The van der Waals surface area contributed by atoms with Gasteiger partial charge in [0, 0.05) is 29.1 Å². The van der Waals surface area contributed by atoms with E-state index in [0.717, 1.165) is 50.1 Å². The summed E-state index contributed by atoms with van der Waals surface area (Å²) < 4.78 is 7.29. The van der Waals surface area contributed by atoms with Gasteiger partial charge in [0.2, 0.25) is 0 Å². The normalized spacial score (nSPS) is 18.3. The van der Waals surface area contributed by atoms with Crippen molar-refractivity contribution in [3.63, 3.8) is 0 Å². The first-order valence-corrected chi connectivity index (χ1v) is 11.7. The quantitative estimate of drug-likeness (QED) is 0.291. The molecule has 6 heteroatoms. The number of hydrogen-bond acceptors (Lipinski definition) is 5. The van der Waals surface area contributed by atoms with Crippen LogP contribution in [-0.4, -0.2) is 30.5 Å². The summed E-state index contributed by atoms with van der Waals surface area (Å²) in [4.78, 5) is 12.7. The molecule has 1 aliphatic carbocycles. The Balaban J connectivity index is 1.60. The Morgan fingerprint density at radius 2 is 2.14 bits per heavy atom. The van der Waals surface area contributed by atoms with E-state index in [1.165, 1.54) is 21.7 Å². The van der Waals surface area contributed by atoms with Gasteiger partial charge in [-0.25, -0.2) is 0 Å². The molecule has 1 aromatic rings. The van der Waals surface area contributed by atoms with Crippen molar-refractivity contribution in [1.82, 2.24) is 9.62 Å². The lowest BCUT2D eigenvalue weighted by Crippen LogP contribution is -2.26. The number of halogens is 1. The van der Waals surface area contributed by atoms with Crippen LogP contribution in [-0.2, 0) is 9.53 Å². The summed E-state index contributed by atoms with van der Waals surface area (Å²) in [5.41, 5.74) is 4.01. The third-order valence-corrected chi connectivity index (χ3v) is 6.65. The zero-order chi connectivity index (χ0) is 20.6. The molecule has 0 fully saturated rings. The minimum atomic E-state index is -0.0808. The molecule has 3 rings (SSSR count). The van der Waals surface area contributed by atoms with Crippen molar-refractivity contribution < 1.29 is 9.53 Å². The SMILES string of the molecule is CCOC(=O)CCCCCCNC1C2=C(CCC=C2)N(C)Sc2ccc(Cl)cc21. The van der Waals surface area contributed by atoms with Crippen molar-refractivity contribution >= 4 is 29.5 Å². The van der Waals surface area contributed by atoms with Crippen LogP contribution in [0.1, 0.15) is 63.5 Å². The predicted octanol–water partition coefficient (Wildman–Crippen LogP) is 6.04. The van der Waals surface area contributed by atoms with Crippen LogP contribution in [0.15, 0.2) is 46.5 Å². The smallest absolute Gasteiger partial charge is 0.305 e. The topological polar surface area (TPSA) is 41.6 Å². The Kier molecular flexibility index (Phi) is 8.52. The van der Waals surface area contributed by atoms with Crippen LogP contribution >= 0.6 is 23.5 Å². The molecule has 0 amide bonds. The molecule has 0 saturated heterocycles. The summed E-state index contributed by atoms with van der Waals surface area (Å²) in [5.74, 6) is -0.0808. The number of nitrogens with one attached hydrogen (secondary N) is 1. The number of carbonyl (C=O) groups is 1. The number of benzene rings is 1. The van der Waals surface area contributed by atoms with Crippen LogP contribution in [0.4, 0.5) is 0 Å². The van der Waals surface area contributed by atoms with Crippen molar-refractivity contribution in [2.75, 3.05) is 20.2 Å². The minimum absolute atomic E-state index is 0.0808. The molecule has 1 unspecified atom stereocenters. The number of allylic oxidation sites excluding steroid dienone is 2. The summed E-state index contributed by atoms with van der Waals surface area (Å²) in [6.45, 7) is 3.26. The van der Waals surface area contributed by atoms with E-state index in [1.54, 1.807) is 11.9 Å². The molecule has 0 aromatic heterocycles. The Labute approximate surface area is 183 Å². The van der Waals surface area contributed by atoms with Gasteiger partial charge in [0.15, 0.2) is 0 Å². The lowest BCUT2D eigenvalue weighted by atomic mass is 9.92. The molecule has 0 radical (unpaired) electrons. The maximum absolute atomic E-state index is 11.4. The second-order valence-corrected chi connectivity index (χ2v) is 9.08. The van der Waals surface area contributed by atoms with Crippen molar-refractivity contribution in [1.29, 1.82) is 0 Å². The molecule has 1 atom stereocenters. The van der Waals surface area contributed by atoms with Gasteiger partial charge < -0.3 is 14.4 Å². The molecule has 4 nitrogen and oxygen atoms in total. The molecular formula is C23H31ClN2O2S. The number of nitrogens with zero attached hydrogens (tertiary/aromatic N) is 1. The molecule has 1 aromatic carbocycles. The molecular weight excluding hydrogens is 404 g/mol. The largest absolute Gasteiger partial charge is 0.466 e. The number of ether oxygens (including phenoxy) is 1. The van der Waals surface area contributed by atoms with Gasteiger partial charge >= 0.3 is 5.97 Å². The molecule has 0 saturated carbocycles. The van der Waals surface area contributed by atoms with Crippen molar-refractivity contribution in [2.45, 2.75) is 62.8 Å². The number of esters is 1. The minimum Gasteiger partial charge on any atom is -0.466 e. The van der Waals surface area contributed by atoms with Gasteiger partial charge in [-0.1, -0.05) is 36.6 Å². The lowest BCUT2D eigenvalue weighted by molar-refractivity contribution is -0.143. The van der Waals surface area contributed by atoms with E-state index in [4.69, 9.17) is 16.3 Å². The Morgan fingerprint density at radius 3 is 2.97 bits per heavy atom. The zero-order valence-electron chi connectivity index (χ0n) is 17.4. The fraction of sp³-hybridized carbons (Fsp3) is 0.522. The second-order valence-electron chi connectivity index (χ2n) is 7.47. The first-order chi connectivity index (χ1) is 14.1. The fourth-order valence-corrected chi connectivity index (χ4v) is 5.11. The highest BCUT2D eigenvalue weighted by Crippen LogP contribution is 2.44. The third kappa shape index (κ3) is 6.03. The Bertz CT molecular complexity index is 778. The van der Waals surface area contributed by atoms with Gasteiger partial charge in [-0.05, 0) is 80.4 Å². The van der Waals surface area contributed by atoms with E-state index in [0.29, 0.717) is 13.0 Å². The van der Waals surface area contributed by atoms with Gasteiger partial charge in [-0.3, -0.25) is 4.79 Å². The van der Waals surface area contributed by atoms with Gasteiger partial charge in [-0.15, -0.1) is 0 Å². The number of carbonyl (C=O) groups excluding carboxylic acids is 1. The van der Waals surface area contributed by atoms with Crippen molar-refractivity contribution in [3.05, 3.63) is 52.2 Å². The average molecular weight is 435 g/mol. The van der Waals surface area contributed by atoms with E-state index in [-0.39, 0.29) is 12.0 Å². The molecule has 1 heterocycles. The fourth-order valence-electron chi connectivity index (χ4n) is 3.92. The maximum Gasteiger partial charge on any atom is 0.305 e. The van der Waals surface area contributed by atoms with E-state index in [2.05, 4.69) is 41.0 Å². The van der Waals surface area contributed by atoms with Gasteiger partial charge in [0.1, 0.15) is 0 Å². The van der Waals surface area contributed by atoms with Crippen LogP contribution in [0.25, 0.3) is 0 Å². The highest BCUT2D eigenvalue weighted by atomic mass is 35.5. The highest BCUT2D eigenvalue weighted by molar-refractivity contribution is 7.97. The van der Waals surface area contributed by atoms with Gasteiger partial charge in [-0.2, -0.15) is 0 Å². The Morgan fingerprint density at radius 1 is 1.31 bits per heavy atom. The summed E-state index contributed by atoms with van der Waals surface area (Å²) >= 11 is 8.14. The van der Waals surface area contributed by atoms with Gasteiger partial charge in [0.25, 0.3) is 0 Å². The predicted molar refractivity (Wildman–Crippen MR) is 121 cm³/mol. The molecule has 158 valence electrons. The lowest BCUT2D eigenvalue weighted by Gasteiger charge is -2.26. The number of fused-ring (bicyclic) bond motifs is 1. The first kappa shape index (κ1) is 22.3. The molecule has 0 bridgehead atoms. The van der Waals surface area contributed by atoms with Crippen LogP contribution in [0.3, 0.4) is 0 Å². The zero-order valence-corrected chi connectivity index (χ0v) is 19.0. The summed E-state index contributed by atoms with van der Waals surface area (Å²) in [6.07, 6.45) is 11.4. The van der Waals surface area contributed by atoms with E-state index < -0.39 is 0 Å². The summed E-state index contributed by atoms with van der Waals surface area (Å²) in [5, 5.41) is 4.56. The van der Waals surface area contributed by atoms with Crippen LogP contribution in [0.5, 0.6) is 0 Å². The molecule has 1 N–H and O–H groups in total.